The number of nitrogens with zero attached hydrogens (tertiary/aromatic N) is 7. The molecule has 0 saturated carbocycles. The van der Waals surface area contributed by atoms with Gasteiger partial charge in [0.1, 0.15) is 5.82 Å². The fourth-order valence-electron chi connectivity index (χ4n) is 3.33. The van der Waals surface area contributed by atoms with Crippen molar-refractivity contribution in [3.05, 3.63) is 44.6 Å². The molecule has 0 fully saturated rings. The van der Waals surface area contributed by atoms with Crippen LogP contribution in [0.5, 0.6) is 0 Å². The predicted molar refractivity (Wildman–Crippen MR) is 115 cm³/mol. The van der Waals surface area contributed by atoms with Crippen LogP contribution in [0.4, 0.5) is 5.95 Å². The molecule has 10 heteroatoms. The Kier molecular flexibility index (Phi) is 6.03. The first-order valence-corrected chi connectivity index (χ1v) is 9.59. The van der Waals surface area contributed by atoms with Gasteiger partial charge in [-0.05, 0) is 26.8 Å². The minimum absolute atomic E-state index is 0.0290. The molecule has 0 radical (unpaired) electrons. The van der Waals surface area contributed by atoms with Gasteiger partial charge in [0.25, 0.3) is 5.56 Å². The quantitative estimate of drug-likeness (QED) is 0.562. The monoisotopic (exact) mass is 410 g/mol. The van der Waals surface area contributed by atoms with Crippen LogP contribution in [-0.2, 0) is 20.1 Å². The Morgan fingerprint density at radius 1 is 1.27 bits per heavy atom. The molecule has 0 aliphatic rings. The molecule has 0 saturated heterocycles. The molecule has 2 N–H and O–H groups in total. The van der Waals surface area contributed by atoms with Crippen LogP contribution < -0.4 is 21.9 Å². The molecule has 3 rings (SSSR count). The lowest BCUT2D eigenvalue weighted by Gasteiger charge is -2.20. The largest absolute Gasteiger partial charge is 0.344 e. The van der Waals surface area contributed by atoms with Gasteiger partial charge in [-0.1, -0.05) is 5.92 Å². The van der Waals surface area contributed by atoms with Gasteiger partial charge in [0.05, 0.1) is 13.1 Å². The fourth-order valence-corrected chi connectivity index (χ4v) is 3.33. The lowest BCUT2D eigenvalue weighted by atomic mass is 10.3. The van der Waals surface area contributed by atoms with Crippen molar-refractivity contribution in [1.82, 2.24) is 28.7 Å². The molecule has 0 aliphatic carbocycles. The second-order valence-electron chi connectivity index (χ2n) is 7.30. The van der Waals surface area contributed by atoms with E-state index in [1.54, 1.807) is 30.8 Å². The number of aryl methyl sites for hydroxylation is 2. The summed E-state index contributed by atoms with van der Waals surface area (Å²) in [5, 5.41) is 0. The van der Waals surface area contributed by atoms with Crippen LogP contribution >= 0.6 is 0 Å². The van der Waals surface area contributed by atoms with Gasteiger partial charge in [-0.3, -0.25) is 18.5 Å². The molecule has 3 heterocycles. The van der Waals surface area contributed by atoms with Gasteiger partial charge < -0.3 is 10.6 Å². The lowest BCUT2D eigenvalue weighted by Crippen LogP contribution is -2.40. The summed E-state index contributed by atoms with van der Waals surface area (Å²) < 4.78 is 4.22. The highest BCUT2D eigenvalue weighted by atomic mass is 16.2. The molecule has 1 atom stereocenters. The summed E-state index contributed by atoms with van der Waals surface area (Å²) in [5.74, 6) is 6.75. The molecule has 158 valence electrons. The third kappa shape index (κ3) is 3.97. The van der Waals surface area contributed by atoms with E-state index in [1.165, 1.54) is 4.57 Å². The van der Waals surface area contributed by atoms with Crippen molar-refractivity contribution in [2.45, 2.75) is 39.9 Å². The van der Waals surface area contributed by atoms with Crippen LogP contribution in [0.2, 0.25) is 0 Å². The standard InChI is InChI=1S/C20H26N8O2/c1-6-7-10-27-16-17(24-19(27)25(4)11-13(2)21)26(5)20(30)28(18(16)29)12-15-22-9-8-14(3)23-15/h8-9,13H,10-12,21H2,1-5H3. The van der Waals surface area contributed by atoms with Gasteiger partial charge >= 0.3 is 5.69 Å². The SMILES string of the molecule is CC#CCn1c(N(C)CC(C)N)nc2c1c(=O)n(Cc1nccc(C)n1)c(=O)n2C. The van der Waals surface area contributed by atoms with Crippen LogP contribution in [0.1, 0.15) is 25.4 Å². The summed E-state index contributed by atoms with van der Waals surface area (Å²) >= 11 is 0. The molecule has 3 aromatic rings. The maximum absolute atomic E-state index is 13.4. The van der Waals surface area contributed by atoms with Crippen molar-refractivity contribution >= 4 is 17.1 Å². The van der Waals surface area contributed by atoms with E-state index in [0.29, 0.717) is 29.5 Å². The van der Waals surface area contributed by atoms with Crippen LogP contribution in [0.25, 0.3) is 11.2 Å². The number of nitrogens with two attached hydrogens (primary N) is 1. The van der Waals surface area contributed by atoms with Crippen LogP contribution in [0.15, 0.2) is 21.9 Å². The van der Waals surface area contributed by atoms with Crippen LogP contribution in [-0.4, -0.2) is 48.3 Å². The van der Waals surface area contributed by atoms with Gasteiger partial charge in [0.2, 0.25) is 5.95 Å². The average molecular weight is 410 g/mol. The van der Waals surface area contributed by atoms with Crippen LogP contribution in [0.3, 0.4) is 0 Å². The smallest absolute Gasteiger partial charge is 0.332 e. The lowest BCUT2D eigenvalue weighted by molar-refractivity contribution is 0.630. The Morgan fingerprint density at radius 2 is 2.00 bits per heavy atom. The third-order valence-corrected chi connectivity index (χ3v) is 4.67. The van der Waals surface area contributed by atoms with Gasteiger partial charge in [-0.15, -0.1) is 5.92 Å². The van der Waals surface area contributed by atoms with E-state index in [2.05, 4.69) is 26.8 Å². The van der Waals surface area contributed by atoms with Crippen molar-refractivity contribution in [3.63, 3.8) is 0 Å². The fraction of sp³-hybridized carbons (Fsp3) is 0.450. The Morgan fingerprint density at radius 3 is 2.63 bits per heavy atom. The minimum atomic E-state index is -0.481. The summed E-state index contributed by atoms with van der Waals surface area (Å²) in [6.45, 7) is 6.21. The molecular formula is C20H26N8O2. The number of rotatable bonds is 6. The van der Waals surface area contributed by atoms with Crippen molar-refractivity contribution in [2.75, 3.05) is 18.5 Å². The number of hydrogen-bond donors (Lipinski definition) is 1. The number of anilines is 1. The Labute approximate surface area is 174 Å². The number of fused-ring (bicyclic) bond motifs is 1. The first-order chi connectivity index (χ1) is 14.2. The maximum Gasteiger partial charge on any atom is 0.332 e. The zero-order chi connectivity index (χ0) is 22.0. The van der Waals surface area contributed by atoms with E-state index in [4.69, 9.17) is 5.73 Å². The van der Waals surface area contributed by atoms with Crippen molar-refractivity contribution < 1.29 is 0 Å². The predicted octanol–water partition coefficient (Wildman–Crippen LogP) is -0.150. The zero-order valence-corrected chi connectivity index (χ0v) is 17.9. The van der Waals surface area contributed by atoms with E-state index in [1.807, 2.05) is 25.8 Å². The topological polar surface area (TPSA) is 117 Å². The second-order valence-corrected chi connectivity index (χ2v) is 7.30. The summed E-state index contributed by atoms with van der Waals surface area (Å²) in [7, 11) is 3.44. The number of likely N-dealkylation sites (N-methyl/N-ethyl adjacent to an activating group) is 1. The molecule has 3 aromatic heterocycles. The van der Waals surface area contributed by atoms with Crippen molar-refractivity contribution in [2.24, 2.45) is 12.8 Å². The third-order valence-electron chi connectivity index (χ3n) is 4.67. The summed E-state index contributed by atoms with van der Waals surface area (Å²) in [5.41, 5.74) is 6.37. The highest BCUT2D eigenvalue weighted by Crippen LogP contribution is 2.18. The first-order valence-electron chi connectivity index (χ1n) is 9.59. The summed E-state index contributed by atoms with van der Waals surface area (Å²) in [6.07, 6.45) is 1.61. The molecule has 10 nitrogen and oxygen atoms in total. The molecule has 0 amide bonds. The van der Waals surface area contributed by atoms with E-state index in [9.17, 15) is 9.59 Å². The molecular weight excluding hydrogens is 384 g/mol. The van der Waals surface area contributed by atoms with E-state index in [0.717, 1.165) is 10.3 Å². The molecule has 0 spiro atoms. The Bertz CT molecular complexity index is 1260. The molecule has 0 aliphatic heterocycles. The normalized spacial score (nSPS) is 11.9. The minimum Gasteiger partial charge on any atom is -0.344 e. The van der Waals surface area contributed by atoms with E-state index in [-0.39, 0.29) is 19.1 Å². The summed E-state index contributed by atoms with van der Waals surface area (Å²) in [4.78, 5) is 41.2. The maximum atomic E-state index is 13.4. The van der Waals surface area contributed by atoms with Gasteiger partial charge in [0, 0.05) is 38.6 Å². The molecule has 1 unspecified atom stereocenters. The van der Waals surface area contributed by atoms with Gasteiger partial charge in [-0.25, -0.2) is 14.8 Å². The van der Waals surface area contributed by atoms with Crippen LogP contribution in [0, 0.1) is 18.8 Å². The number of aromatic nitrogens is 6. The van der Waals surface area contributed by atoms with Gasteiger partial charge in [-0.2, -0.15) is 4.98 Å². The highest BCUT2D eigenvalue weighted by Gasteiger charge is 2.22. The molecule has 30 heavy (non-hydrogen) atoms. The van der Waals surface area contributed by atoms with E-state index >= 15 is 0 Å². The molecule has 0 bridgehead atoms. The second kappa shape index (κ2) is 8.51. The highest BCUT2D eigenvalue weighted by molar-refractivity contribution is 5.74. The average Bonchev–Trinajstić information content (AvgIpc) is 3.07. The summed E-state index contributed by atoms with van der Waals surface area (Å²) in [6, 6.07) is 1.66. The van der Waals surface area contributed by atoms with Crippen molar-refractivity contribution in [3.8, 4) is 11.8 Å². The number of hydrogen-bond acceptors (Lipinski definition) is 7. The first kappa shape index (κ1) is 21.3. The molecule has 0 aromatic carbocycles. The Hall–Kier alpha value is -3.45. The van der Waals surface area contributed by atoms with Crippen molar-refractivity contribution in [1.29, 1.82) is 0 Å². The number of imidazole rings is 1. The van der Waals surface area contributed by atoms with Gasteiger partial charge in [0.15, 0.2) is 11.2 Å². The Balaban J connectivity index is 2.27. The zero-order valence-electron chi connectivity index (χ0n) is 17.9. The van der Waals surface area contributed by atoms with E-state index < -0.39 is 11.2 Å².